The summed E-state index contributed by atoms with van der Waals surface area (Å²) in [5.74, 6) is 0.858. The first kappa shape index (κ1) is 17.0. The number of aromatic nitrogens is 3. The van der Waals surface area contributed by atoms with E-state index in [0.717, 1.165) is 29.2 Å². The zero-order valence-corrected chi connectivity index (χ0v) is 15.5. The molecule has 0 unspecified atom stereocenters. The number of pyridine rings is 1. The van der Waals surface area contributed by atoms with Gasteiger partial charge in [0.1, 0.15) is 5.82 Å². The largest absolute Gasteiger partial charge is 0.326 e. The quantitative estimate of drug-likeness (QED) is 0.548. The van der Waals surface area contributed by atoms with Gasteiger partial charge in [0.05, 0.1) is 5.69 Å². The van der Waals surface area contributed by atoms with Crippen LogP contribution in [0, 0.1) is 6.92 Å². The van der Waals surface area contributed by atoms with E-state index < -0.39 is 0 Å². The van der Waals surface area contributed by atoms with Gasteiger partial charge in [-0.2, -0.15) is 0 Å². The minimum Gasteiger partial charge on any atom is -0.326 e. The van der Waals surface area contributed by atoms with Crippen molar-refractivity contribution in [2.75, 3.05) is 0 Å². The van der Waals surface area contributed by atoms with Crippen LogP contribution in [-0.2, 0) is 13.6 Å². The second-order valence-electron chi connectivity index (χ2n) is 6.76. The summed E-state index contributed by atoms with van der Waals surface area (Å²) in [7, 11) is 1.78. The highest BCUT2D eigenvalue weighted by Gasteiger charge is 2.14. The smallest absolute Gasteiger partial charge is 0.253 e. The Labute approximate surface area is 158 Å². The van der Waals surface area contributed by atoms with Crippen LogP contribution in [0.2, 0.25) is 0 Å². The molecule has 0 spiro atoms. The molecule has 0 aliphatic carbocycles. The van der Waals surface area contributed by atoms with E-state index in [2.05, 4.69) is 35.0 Å². The van der Waals surface area contributed by atoms with Crippen LogP contribution in [0.1, 0.15) is 11.1 Å². The van der Waals surface area contributed by atoms with Crippen molar-refractivity contribution >= 4 is 0 Å². The maximum atomic E-state index is 12.1. The van der Waals surface area contributed by atoms with E-state index in [1.807, 2.05) is 55.6 Å². The molecule has 0 N–H and O–H groups in total. The van der Waals surface area contributed by atoms with Crippen LogP contribution in [0.4, 0.5) is 0 Å². The molecule has 4 heteroatoms. The number of hydrogen-bond acceptors (Lipinski definition) is 2. The Bertz CT molecular complexity index is 1100. The molecule has 4 aromatic rings. The van der Waals surface area contributed by atoms with E-state index in [0.29, 0.717) is 5.56 Å². The second-order valence-corrected chi connectivity index (χ2v) is 6.76. The molecule has 2 aromatic carbocycles. The Morgan fingerprint density at radius 1 is 0.889 bits per heavy atom. The van der Waals surface area contributed by atoms with Gasteiger partial charge < -0.3 is 9.13 Å². The summed E-state index contributed by atoms with van der Waals surface area (Å²) < 4.78 is 3.77. The molecule has 27 heavy (non-hydrogen) atoms. The number of nitrogens with zero attached hydrogens (tertiary/aromatic N) is 3. The zero-order valence-electron chi connectivity index (χ0n) is 15.5. The van der Waals surface area contributed by atoms with Crippen LogP contribution in [0.15, 0.2) is 83.9 Å². The van der Waals surface area contributed by atoms with Crippen LogP contribution in [0.5, 0.6) is 0 Å². The zero-order chi connectivity index (χ0) is 18.8. The van der Waals surface area contributed by atoms with E-state index >= 15 is 0 Å². The third kappa shape index (κ3) is 3.47. The summed E-state index contributed by atoms with van der Waals surface area (Å²) in [6.45, 7) is 2.56. The molecule has 0 saturated heterocycles. The maximum absolute atomic E-state index is 12.1. The molecule has 4 nitrogen and oxygen atoms in total. The topological polar surface area (TPSA) is 39.8 Å². The van der Waals surface area contributed by atoms with Crippen molar-refractivity contribution in [1.29, 1.82) is 0 Å². The molecule has 0 aliphatic heterocycles. The Morgan fingerprint density at radius 2 is 1.56 bits per heavy atom. The molecule has 2 aromatic heterocycles. The highest BCUT2D eigenvalue weighted by molar-refractivity contribution is 5.65. The molecule has 0 saturated carbocycles. The predicted molar refractivity (Wildman–Crippen MR) is 109 cm³/mol. The summed E-state index contributed by atoms with van der Waals surface area (Å²) in [6, 6.07) is 22.4. The lowest BCUT2D eigenvalue weighted by atomic mass is 10.2. The summed E-state index contributed by atoms with van der Waals surface area (Å²) in [6.07, 6.45) is 3.94. The van der Waals surface area contributed by atoms with Crippen molar-refractivity contribution in [3.63, 3.8) is 0 Å². The van der Waals surface area contributed by atoms with Gasteiger partial charge in [0.15, 0.2) is 0 Å². The maximum Gasteiger partial charge on any atom is 0.253 e. The number of rotatable bonds is 4. The van der Waals surface area contributed by atoms with Crippen LogP contribution in [-0.4, -0.2) is 14.1 Å². The molecule has 4 rings (SSSR count). The minimum absolute atomic E-state index is 0.0169. The highest BCUT2D eigenvalue weighted by atomic mass is 16.1. The Morgan fingerprint density at radius 3 is 2.22 bits per heavy atom. The molecule has 0 bridgehead atoms. The molecule has 2 heterocycles. The first-order valence-corrected chi connectivity index (χ1v) is 8.96. The van der Waals surface area contributed by atoms with E-state index in [1.165, 1.54) is 5.56 Å². The standard InChI is InChI=1S/C23H21N3O/c1-17-13-20(15-25(2)23(17)27)22-24-21(19-11-7-4-8-12-19)16-26(22)14-18-9-5-3-6-10-18/h3-13,15-16H,14H2,1-2H3. The van der Waals surface area contributed by atoms with Gasteiger partial charge in [-0.15, -0.1) is 0 Å². The van der Waals surface area contributed by atoms with Gasteiger partial charge in [0, 0.05) is 42.7 Å². The van der Waals surface area contributed by atoms with Gasteiger partial charge >= 0.3 is 0 Å². The SMILES string of the molecule is Cc1cc(-c2nc(-c3ccccc3)cn2Cc2ccccc2)cn(C)c1=O. The number of aryl methyl sites for hydroxylation is 2. The van der Waals surface area contributed by atoms with Gasteiger partial charge in [-0.05, 0) is 18.6 Å². The van der Waals surface area contributed by atoms with Gasteiger partial charge in [-0.3, -0.25) is 4.79 Å². The van der Waals surface area contributed by atoms with Crippen molar-refractivity contribution in [3.05, 3.63) is 101 Å². The van der Waals surface area contributed by atoms with Crippen molar-refractivity contribution in [2.24, 2.45) is 7.05 Å². The van der Waals surface area contributed by atoms with Crippen molar-refractivity contribution in [1.82, 2.24) is 14.1 Å². The number of hydrogen-bond donors (Lipinski definition) is 0. The third-order valence-electron chi connectivity index (χ3n) is 4.66. The first-order valence-electron chi connectivity index (χ1n) is 8.96. The predicted octanol–water partition coefficient (Wildman–Crippen LogP) is 4.27. The monoisotopic (exact) mass is 355 g/mol. The lowest BCUT2D eigenvalue weighted by Crippen LogP contribution is -2.18. The average Bonchev–Trinajstić information content (AvgIpc) is 3.11. The highest BCUT2D eigenvalue weighted by Crippen LogP contribution is 2.25. The van der Waals surface area contributed by atoms with Crippen LogP contribution >= 0.6 is 0 Å². The molecule has 134 valence electrons. The van der Waals surface area contributed by atoms with E-state index in [-0.39, 0.29) is 5.56 Å². The van der Waals surface area contributed by atoms with Crippen molar-refractivity contribution in [3.8, 4) is 22.6 Å². The fourth-order valence-corrected chi connectivity index (χ4v) is 3.29. The molecule has 0 aliphatic rings. The van der Waals surface area contributed by atoms with E-state index in [9.17, 15) is 4.79 Å². The second kappa shape index (κ2) is 7.08. The first-order chi connectivity index (χ1) is 13.1. The third-order valence-corrected chi connectivity index (χ3v) is 4.66. The Kier molecular flexibility index (Phi) is 4.47. The van der Waals surface area contributed by atoms with Crippen molar-refractivity contribution < 1.29 is 0 Å². The Hall–Kier alpha value is -3.40. The molecule has 0 fully saturated rings. The summed E-state index contributed by atoms with van der Waals surface area (Å²) >= 11 is 0. The Balaban J connectivity index is 1.86. The van der Waals surface area contributed by atoms with Gasteiger partial charge in [-0.1, -0.05) is 60.7 Å². The van der Waals surface area contributed by atoms with Gasteiger partial charge in [-0.25, -0.2) is 4.98 Å². The summed E-state index contributed by atoms with van der Waals surface area (Å²) in [4.78, 5) is 17.0. The molecule has 0 atom stereocenters. The fraction of sp³-hybridized carbons (Fsp3) is 0.130. The normalized spacial score (nSPS) is 10.9. The van der Waals surface area contributed by atoms with Crippen LogP contribution < -0.4 is 5.56 Å². The molecule has 0 amide bonds. The minimum atomic E-state index is 0.0169. The van der Waals surface area contributed by atoms with Gasteiger partial charge in [0.2, 0.25) is 0 Å². The molecule has 0 radical (unpaired) electrons. The van der Waals surface area contributed by atoms with Crippen molar-refractivity contribution in [2.45, 2.75) is 13.5 Å². The molecular formula is C23H21N3O. The summed E-state index contributed by atoms with van der Waals surface area (Å²) in [5, 5.41) is 0. The number of benzene rings is 2. The lowest BCUT2D eigenvalue weighted by molar-refractivity contribution is 0.799. The van der Waals surface area contributed by atoms with E-state index in [4.69, 9.17) is 4.98 Å². The fourth-order valence-electron chi connectivity index (χ4n) is 3.29. The van der Waals surface area contributed by atoms with Gasteiger partial charge in [0.25, 0.3) is 5.56 Å². The number of imidazole rings is 1. The molecular weight excluding hydrogens is 334 g/mol. The summed E-state index contributed by atoms with van der Waals surface area (Å²) in [5.41, 5.74) is 4.87. The van der Waals surface area contributed by atoms with Crippen LogP contribution in [0.25, 0.3) is 22.6 Å². The lowest BCUT2D eigenvalue weighted by Gasteiger charge is -2.10. The average molecular weight is 355 g/mol. The van der Waals surface area contributed by atoms with Crippen LogP contribution in [0.3, 0.4) is 0 Å². The van der Waals surface area contributed by atoms with E-state index in [1.54, 1.807) is 11.6 Å².